The second-order valence-corrected chi connectivity index (χ2v) is 7.88. The number of hydrogen-bond donors (Lipinski definition) is 0. The largest absolute Gasteiger partial charge is 0.468 e. The lowest BCUT2D eigenvalue weighted by atomic mass is 9.90. The first-order valence-electron chi connectivity index (χ1n) is 9.61. The van der Waals surface area contributed by atoms with Gasteiger partial charge >= 0.3 is 5.97 Å². The topological polar surface area (TPSA) is 81.6 Å². The molecule has 2 aromatic rings. The number of carbonyl (C=O) groups excluding carboxylic acids is 2. The van der Waals surface area contributed by atoms with E-state index < -0.39 is 0 Å². The summed E-state index contributed by atoms with van der Waals surface area (Å²) >= 11 is 1.20. The van der Waals surface area contributed by atoms with Crippen LogP contribution < -0.4 is 0 Å². The predicted octanol–water partition coefficient (Wildman–Crippen LogP) is 2.90. The third-order valence-corrected chi connectivity index (χ3v) is 5.76. The van der Waals surface area contributed by atoms with Gasteiger partial charge in [-0.2, -0.15) is 0 Å². The molecule has 2 heterocycles. The lowest BCUT2D eigenvalue weighted by Crippen LogP contribution is -2.41. The molecule has 3 rings (SSSR count). The lowest BCUT2D eigenvalue weighted by molar-refractivity contribution is -0.137. The standard InChI is InChI=1S/C21H24FN3O4S/c1-28-12-18(26)25-9-3-4-15(11-25)20-17(14-5-7-16(22)8-6-14)10-23-21(24-20)30-13-19(27)29-2/h5-8,10,15H,3-4,9,11-13H2,1-2H3. The van der Waals surface area contributed by atoms with Crippen molar-refractivity contribution in [3.63, 3.8) is 0 Å². The maximum absolute atomic E-state index is 13.4. The summed E-state index contributed by atoms with van der Waals surface area (Å²) in [7, 11) is 2.83. The Hall–Kier alpha value is -2.52. The van der Waals surface area contributed by atoms with Crippen LogP contribution in [0.3, 0.4) is 0 Å². The summed E-state index contributed by atoms with van der Waals surface area (Å²) in [6.45, 7) is 1.25. The first-order valence-corrected chi connectivity index (χ1v) is 10.6. The molecule has 1 unspecified atom stereocenters. The minimum atomic E-state index is -0.359. The van der Waals surface area contributed by atoms with Crippen LogP contribution in [0.4, 0.5) is 4.39 Å². The van der Waals surface area contributed by atoms with Crippen molar-refractivity contribution in [3.8, 4) is 11.1 Å². The fraction of sp³-hybridized carbons (Fsp3) is 0.429. The van der Waals surface area contributed by atoms with Gasteiger partial charge in [-0.15, -0.1) is 0 Å². The van der Waals surface area contributed by atoms with Crippen LogP contribution in [0.15, 0.2) is 35.6 Å². The summed E-state index contributed by atoms with van der Waals surface area (Å²) in [5, 5.41) is 0.460. The second-order valence-electron chi connectivity index (χ2n) is 6.94. The van der Waals surface area contributed by atoms with E-state index >= 15 is 0 Å². The van der Waals surface area contributed by atoms with Crippen molar-refractivity contribution >= 4 is 23.6 Å². The number of carbonyl (C=O) groups is 2. The fourth-order valence-electron chi connectivity index (χ4n) is 3.43. The van der Waals surface area contributed by atoms with Crippen LogP contribution in [0.1, 0.15) is 24.5 Å². The maximum Gasteiger partial charge on any atom is 0.316 e. The van der Waals surface area contributed by atoms with Crippen LogP contribution >= 0.6 is 11.8 Å². The molecule has 1 aromatic heterocycles. The number of benzene rings is 1. The van der Waals surface area contributed by atoms with Gasteiger partial charge in [0.25, 0.3) is 0 Å². The Bertz CT molecular complexity index is 894. The molecule has 0 bridgehead atoms. The molecule has 160 valence electrons. The zero-order valence-electron chi connectivity index (χ0n) is 17.0. The number of nitrogens with zero attached hydrogens (tertiary/aromatic N) is 3. The van der Waals surface area contributed by atoms with E-state index in [0.29, 0.717) is 18.2 Å². The van der Waals surface area contributed by atoms with Gasteiger partial charge in [0.15, 0.2) is 5.16 Å². The van der Waals surface area contributed by atoms with E-state index in [1.54, 1.807) is 23.2 Å². The van der Waals surface area contributed by atoms with Gasteiger partial charge in [0.05, 0.1) is 18.6 Å². The van der Waals surface area contributed by atoms with Gasteiger partial charge in [0, 0.05) is 37.9 Å². The van der Waals surface area contributed by atoms with Crippen LogP contribution in [-0.2, 0) is 19.1 Å². The Morgan fingerprint density at radius 2 is 2.03 bits per heavy atom. The number of hydrogen-bond acceptors (Lipinski definition) is 7. The monoisotopic (exact) mass is 433 g/mol. The minimum Gasteiger partial charge on any atom is -0.468 e. The Labute approximate surface area is 179 Å². The van der Waals surface area contributed by atoms with E-state index in [1.807, 2.05) is 0 Å². The van der Waals surface area contributed by atoms with Crippen molar-refractivity contribution < 1.29 is 23.5 Å². The number of halogens is 1. The van der Waals surface area contributed by atoms with Gasteiger partial charge in [-0.25, -0.2) is 14.4 Å². The molecule has 30 heavy (non-hydrogen) atoms. The summed E-state index contributed by atoms with van der Waals surface area (Å²) in [6.07, 6.45) is 3.41. The molecule has 0 spiro atoms. The number of aromatic nitrogens is 2. The van der Waals surface area contributed by atoms with Crippen molar-refractivity contribution in [2.24, 2.45) is 0 Å². The Balaban J connectivity index is 1.92. The Morgan fingerprint density at radius 3 is 2.73 bits per heavy atom. The first-order chi connectivity index (χ1) is 14.5. The molecule has 1 atom stereocenters. The lowest BCUT2D eigenvalue weighted by Gasteiger charge is -2.33. The average molecular weight is 434 g/mol. The van der Waals surface area contributed by atoms with E-state index in [-0.39, 0.29) is 36.0 Å². The SMILES string of the molecule is COCC(=O)N1CCCC(c2nc(SCC(=O)OC)ncc2-c2ccc(F)cc2)C1. The summed E-state index contributed by atoms with van der Waals surface area (Å²) in [6, 6.07) is 6.17. The summed E-state index contributed by atoms with van der Waals surface area (Å²) in [4.78, 5) is 34.7. The molecule has 9 heteroatoms. The second kappa shape index (κ2) is 10.5. The molecule has 0 N–H and O–H groups in total. The van der Waals surface area contributed by atoms with Crippen molar-refractivity contribution in [1.82, 2.24) is 14.9 Å². The zero-order chi connectivity index (χ0) is 21.5. The molecule has 0 radical (unpaired) electrons. The number of likely N-dealkylation sites (tertiary alicyclic amines) is 1. The third-order valence-electron chi connectivity index (χ3n) is 4.93. The Kier molecular flexibility index (Phi) is 7.75. The molecular formula is C21H24FN3O4S. The highest BCUT2D eigenvalue weighted by Gasteiger charge is 2.28. The van der Waals surface area contributed by atoms with Gasteiger partial charge in [0.2, 0.25) is 5.91 Å². The summed E-state index contributed by atoms with van der Waals surface area (Å²) in [5.41, 5.74) is 2.39. The molecule has 0 saturated carbocycles. The molecular weight excluding hydrogens is 409 g/mol. The van der Waals surface area contributed by atoms with Crippen molar-refractivity contribution in [2.75, 3.05) is 39.7 Å². The van der Waals surface area contributed by atoms with Crippen LogP contribution in [-0.4, -0.2) is 66.4 Å². The van der Waals surface area contributed by atoms with Gasteiger partial charge in [0.1, 0.15) is 12.4 Å². The van der Waals surface area contributed by atoms with E-state index in [1.165, 1.54) is 38.1 Å². The van der Waals surface area contributed by atoms with E-state index in [2.05, 4.69) is 9.72 Å². The summed E-state index contributed by atoms with van der Waals surface area (Å²) in [5.74, 6) is -0.628. The first kappa shape index (κ1) is 22.2. The van der Waals surface area contributed by atoms with Gasteiger partial charge in [-0.1, -0.05) is 23.9 Å². The number of rotatable bonds is 7. The number of thioether (sulfide) groups is 1. The maximum atomic E-state index is 13.4. The van der Waals surface area contributed by atoms with Crippen molar-refractivity contribution in [1.29, 1.82) is 0 Å². The Morgan fingerprint density at radius 1 is 1.27 bits per heavy atom. The number of piperidine rings is 1. The van der Waals surface area contributed by atoms with E-state index in [0.717, 1.165) is 29.7 Å². The highest BCUT2D eigenvalue weighted by atomic mass is 32.2. The van der Waals surface area contributed by atoms with E-state index in [4.69, 9.17) is 9.72 Å². The molecule has 1 aliphatic heterocycles. The van der Waals surface area contributed by atoms with Gasteiger partial charge in [-0.05, 0) is 30.5 Å². The van der Waals surface area contributed by atoms with Crippen molar-refractivity contribution in [2.45, 2.75) is 23.9 Å². The van der Waals surface area contributed by atoms with Gasteiger partial charge in [-0.3, -0.25) is 9.59 Å². The summed E-state index contributed by atoms with van der Waals surface area (Å²) < 4.78 is 23.1. The zero-order valence-corrected chi connectivity index (χ0v) is 17.8. The molecule has 1 aliphatic rings. The molecule has 0 aliphatic carbocycles. The molecule has 1 amide bonds. The highest BCUT2D eigenvalue weighted by molar-refractivity contribution is 7.99. The van der Waals surface area contributed by atoms with Crippen LogP contribution in [0.5, 0.6) is 0 Å². The normalized spacial score (nSPS) is 16.4. The average Bonchev–Trinajstić information content (AvgIpc) is 2.78. The highest BCUT2D eigenvalue weighted by Crippen LogP contribution is 2.34. The number of amides is 1. The number of esters is 1. The molecule has 7 nitrogen and oxygen atoms in total. The fourth-order valence-corrected chi connectivity index (χ4v) is 4.09. The van der Waals surface area contributed by atoms with Gasteiger partial charge < -0.3 is 14.4 Å². The van der Waals surface area contributed by atoms with Crippen LogP contribution in [0.25, 0.3) is 11.1 Å². The van der Waals surface area contributed by atoms with Crippen LogP contribution in [0, 0.1) is 5.82 Å². The van der Waals surface area contributed by atoms with E-state index in [9.17, 15) is 14.0 Å². The molecule has 1 saturated heterocycles. The van der Waals surface area contributed by atoms with Crippen molar-refractivity contribution in [3.05, 3.63) is 42.0 Å². The molecule has 1 aromatic carbocycles. The smallest absolute Gasteiger partial charge is 0.316 e. The number of ether oxygens (including phenoxy) is 2. The predicted molar refractivity (Wildman–Crippen MR) is 111 cm³/mol. The number of methoxy groups -OCH3 is 2. The minimum absolute atomic E-state index is 0.0000795. The molecule has 1 fully saturated rings. The quantitative estimate of drug-likeness (QED) is 0.377. The van der Waals surface area contributed by atoms with Crippen LogP contribution in [0.2, 0.25) is 0 Å². The third kappa shape index (κ3) is 5.54.